The van der Waals surface area contributed by atoms with Crippen molar-refractivity contribution in [1.29, 1.82) is 0 Å². The molecule has 0 aliphatic heterocycles. The Hall–Kier alpha value is -2.61. The number of rotatable bonds is 2. The lowest BCUT2D eigenvalue weighted by Crippen LogP contribution is -1.99. The van der Waals surface area contributed by atoms with Gasteiger partial charge in [0.15, 0.2) is 5.82 Å². The lowest BCUT2D eigenvalue weighted by Gasteiger charge is -2.04. The number of benzene rings is 2. The molecule has 0 bridgehead atoms. The number of tetrazole rings is 1. The monoisotopic (exact) mass is 375 g/mol. The maximum atomic E-state index is 13.8. The quantitative estimate of drug-likeness (QED) is 0.578. The number of H-pyrrole nitrogens is 1. The summed E-state index contributed by atoms with van der Waals surface area (Å²) in [6.07, 6.45) is 1.56. The summed E-state index contributed by atoms with van der Waals surface area (Å²) in [6, 6.07) is 9.47. The Labute approximate surface area is 137 Å². The SMILES string of the molecule is Fc1cc(F)c2[nH]cc(-c3nnnn3-c3ccc(Br)cc3)c2c1. The summed E-state index contributed by atoms with van der Waals surface area (Å²) in [5.74, 6) is -0.920. The highest BCUT2D eigenvalue weighted by atomic mass is 79.9. The fourth-order valence-electron chi connectivity index (χ4n) is 2.45. The summed E-state index contributed by atoms with van der Waals surface area (Å²) in [4.78, 5) is 2.80. The van der Waals surface area contributed by atoms with E-state index in [1.165, 1.54) is 10.7 Å². The number of aromatic amines is 1. The average molecular weight is 376 g/mol. The second kappa shape index (κ2) is 5.24. The molecular weight excluding hydrogens is 368 g/mol. The number of nitrogens with one attached hydrogen (secondary N) is 1. The predicted octanol–water partition coefficient (Wildman–Crippen LogP) is 3.85. The van der Waals surface area contributed by atoms with Crippen molar-refractivity contribution in [2.45, 2.75) is 0 Å². The second-order valence-corrected chi connectivity index (χ2v) is 5.82. The number of nitrogens with zero attached hydrogens (tertiary/aromatic N) is 4. The summed E-state index contributed by atoms with van der Waals surface area (Å²) in [6.45, 7) is 0. The summed E-state index contributed by atoms with van der Waals surface area (Å²) in [5.41, 5.74) is 1.47. The van der Waals surface area contributed by atoms with Gasteiger partial charge in [-0.2, -0.15) is 4.68 Å². The minimum absolute atomic E-state index is 0.215. The molecule has 23 heavy (non-hydrogen) atoms. The van der Waals surface area contributed by atoms with Crippen molar-refractivity contribution in [3.05, 3.63) is 58.7 Å². The molecule has 4 aromatic rings. The number of hydrogen-bond donors (Lipinski definition) is 1. The van der Waals surface area contributed by atoms with Gasteiger partial charge in [0.1, 0.15) is 11.6 Å². The van der Waals surface area contributed by atoms with E-state index in [0.29, 0.717) is 16.8 Å². The molecule has 5 nitrogen and oxygen atoms in total. The van der Waals surface area contributed by atoms with Crippen LogP contribution in [0.4, 0.5) is 8.78 Å². The third-order valence-electron chi connectivity index (χ3n) is 3.49. The minimum Gasteiger partial charge on any atom is -0.358 e. The standard InChI is InChI=1S/C15H8BrF2N5/c16-8-1-3-10(4-2-8)23-15(20-21-22-23)12-7-19-14-11(12)5-9(17)6-13(14)18/h1-7,19H. The van der Waals surface area contributed by atoms with Gasteiger partial charge >= 0.3 is 0 Å². The van der Waals surface area contributed by atoms with E-state index in [1.807, 2.05) is 24.3 Å². The molecule has 2 aromatic carbocycles. The van der Waals surface area contributed by atoms with Crippen molar-refractivity contribution in [2.75, 3.05) is 0 Å². The highest BCUT2D eigenvalue weighted by molar-refractivity contribution is 9.10. The molecule has 0 saturated carbocycles. The summed E-state index contributed by atoms with van der Waals surface area (Å²) in [7, 11) is 0. The maximum Gasteiger partial charge on any atom is 0.189 e. The van der Waals surface area contributed by atoms with Crippen LogP contribution in [-0.4, -0.2) is 25.2 Å². The third-order valence-corrected chi connectivity index (χ3v) is 4.02. The Morgan fingerprint density at radius 1 is 1.09 bits per heavy atom. The van der Waals surface area contributed by atoms with Gasteiger partial charge in [-0.3, -0.25) is 0 Å². The topological polar surface area (TPSA) is 59.4 Å². The fraction of sp³-hybridized carbons (Fsp3) is 0. The van der Waals surface area contributed by atoms with E-state index in [4.69, 9.17) is 0 Å². The van der Waals surface area contributed by atoms with Gasteiger partial charge in [0.25, 0.3) is 0 Å². The molecule has 114 valence electrons. The van der Waals surface area contributed by atoms with Gasteiger partial charge in [-0.15, -0.1) is 5.10 Å². The van der Waals surface area contributed by atoms with Crippen LogP contribution in [0.2, 0.25) is 0 Å². The van der Waals surface area contributed by atoms with Crippen molar-refractivity contribution < 1.29 is 8.78 Å². The lowest BCUT2D eigenvalue weighted by atomic mass is 10.1. The number of halogens is 3. The van der Waals surface area contributed by atoms with Crippen LogP contribution in [0.25, 0.3) is 28.0 Å². The maximum absolute atomic E-state index is 13.8. The van der Waals surface area contributed by atoms with Crippen LogP contribution in [0, 0.1) is 11.6 Å². The van der Waals surface area contributed by atoms with Gasteiger partial charge in [-0.25, -0.2) is 8.78 Å². The number of aromatic nitrogens is 5. The zero-order valence-corrected chi connectivity index (χ0v) is 13.1. The predicted molar refractivity (Wildman–Crippen MR) is 84.1 cm³/mol. The van der Waals surface area contributed by atoms with Gasteiger partial charge in [-0.05, 0) is 40.8 Å². The van der Waals surface area contributed by atoms with Gasteiger partial charge in [-0.1, -0.05) is 15.9 Å². The van der Waals surface area contributed by atoms with Gasteiger partial charge in [0.05, 0.1) is 11.2 Å². The Morgan fingerprint density at radius 2 is 1.87 bits per heavy atom. The molecule has 4 rings (SSSR count). The first-order chi connectivity index (χ1) is 11.1. The van der Waals surface area contributed by atoms with Gasteiger partial charge in [0.2, 0.25) is 0 Å². The van der Waals surface area contributed by atoms with E-state index in [-0.39, 0.29) is 5.52 Å². The van der Waals surface area contributed by atoms with Crippen LogP contribution in [0.15, 0.2) is 47.1 Å². The molecule has 1 N–H and O–H groups in total. The average Bonchev–Trinajstić information content (AvgIpc) is 3.14. The van der Waals surface area contributed by atoms with Crippen LogP contribution in [0.3, 0.4) is 0 Å². The Balaban J connectivity index is 1.93. The van der Waals surface area contributed by atoms with Gasteiger partial charge in [0, 0.05) is 27.7 Å². The smallest absolute Gasteiger partial charge is 0.189 e. The van der Waals surface area contributed by atoms with E-state index in [1.54, 1.807) is 6.20 Å². The Kier molecular flexibility index (Phi) is 3.19. The van der Waals surface area contributed by atoms with E-state index in [9.17, 15) is 8.78 Å². The van der Waals surface area contributed by atoms with E-state index in [0.717, 1.165) is 16.2 Å². The van der Waals surface area contributed by atoms with E-state index < -0.39 is 11.6 Å². The van der Waals surface area contributed by atoms with Crippen molar-refractivity contribution >= 4 is 26.8 Å². The van der Waals surface area contributed by atoms with Crippen LogP contribution in [0.5, 0.6) is 0 Å². The fourth-order valence-corrected chi connectivity index (χ4v) is 2.72. The molecule has 0 atom stereocenters. The van der Waals surface area contributed by atoms with Crippen LogP contribution in [0.1, 0.15) is 0 Å². The zero-order valence-electron chi connectivity index (χ0n) is 11.5. The molecule has 0 aliphatic rings. The first kappa shape index (κ1) is 14.0. The van der Waals surface area contributed by atoms with E-state index >= 15 is 0 Å². The van der Waals surface area contributed by atoms with Gasteiger partial charge < -0.3 is 4.98 Å². The molecule has 0 unspecified atom stereocenters. The lowest BCUT2D eigenvalue weighted by molar-refractivity contribution is 0.591. The van der Waals surface area contributed by atoms with Crippen molar-refractivity contribution in [3.63, 3.8) is 0 Å². The molecule has 0 amide bonds. The molecule has 2 heterocycles. The third kappa shape index (κ3) is 2.31. The molecule has 0 aliphatic carbocycles. The normalized spacial score (nSPS) is 11.3. The number of hydrogen-bond acceptors (Lipinski definition) is 3. The molecule has 0 spiro atoms. The van der Waals surface area contributed by atoms with Crippen molar-refractivity contribution in [1.82, 2.24) is 25.2 Å². The number of fused-ring (bicyclic) bond motifs is 1. The first-order valence-electron chi connectivity index (χ1n) is 6.64. The van der Waals surface area contributed by atoms with Crippen LogP contribution in [-0.2, 0) is 0 Å². The van der Waals surface area contributed by atoms with Crippen molar-refractivity contribution in [2.24, 2.45) is 0 Å². The van der Waals surface area contributed by atoms with Crippen LogP contribution >= 0.6 is 15.9 Å². The molecule has 0 saturated heterocycles. The largest absolute Gasteiger partial charge is 0.358 e. The summed E-state index contributed by atoms with van der Waals surface area (Å²) in [5, 5.41) is 12.0. The highest BCUT2D eigenvalue weighted by Gasteiger charge is 2.17. The van der Waals surface area contributed by atoms with Crippen LogP contribution < -0.4 is 0 Å². The summed E-state index contributed by atoms with van der Waals surface area (Å²) >= 11 is 3.37. The second-order valence-electron chi connectivity index (χ2n) is 4.90. The van der Waals surface area contributed by atoms with Crippen molar-refractivity contribution in [3.8, 4) is 17.1 Å². The summed E-state index contributed by atoms with van der Waals surface area (Å²) < 4.78 is 29.8. The molecular formula is C15H8BrF2N5. The zero-order chi connectivity index (χ0) is 16.0. The Morgan fingerprint density at radius 3 is 2.65 bits per heavy atom. The first-order valence-corrected chi connectivity index (χ1v) is 7.43. The highest BCUT2D eigenvalue weighted by Crippen LogP contribution is 2.30. The minimum atomic E-state index is -0.658. The molecule has 0 fully saturated rings. The molecule has 2 aromatic heterocycles. The molecule has 0 radical (unpaired) electrons. The molecule has 8 heteroatoms. The van der Waals surface area contributed by atoms with E-state index in [2.05, 4.69) is 36.4 Å². The Bertz CT molecular complexity index is 1010.